The van der Waals surface area contributed by atoms with Crippen molar-refractivity contribution in [3.05, 3.63) is 89.6 Å². The summed E-state index contributed by atoms with van der Waals surface area (Å²) in [5.41, 5.74) is 9.20. The Morgan fingerprint density at radius 3 is 2.35 bits per heavy atom. The van der Waals surface area contributed by atoms with E-state index in [4.69, 9.17) is 15.7 Å². The first kappa shape index (κ1) is 25.7. The van der Waals surface area contributed by atoms with Crippen LogP contribution >= 0.6 is 0 Å². The van der Waals surface area contributed by atoms with E-state index in [1.165, 1.54) is 18.2 Å². The summed E-state index contributed by atoms with van der Waals surface area (Å²) in [6.07, 6.45) is 0. The molecule has 6 rings (SSSR count). The number of anilines is 2. The second-order valence-electron chi connectivity index (χ2n) is 10.5. The standard InChI is InChI=1S/C31H30F2N6O/c1-4-37-30(40)27-29(39-17-26(18(2)3)35-31(37)39)38(16-19-5-10-22(32)11-6-19)28(36-27)21-9-14-24(25(33)15-21)20-7-12-23(34)13-8-20/h5-15,18,26H,4,16-17,34H2,1-3H3/t26-/m0/s1. The zero-order valence-corrected chi connectivity index (χ0v) is 22.6. The third-order valence-corrected chi connectivity index (χ3v) is 7.57. The van der Waals surface area contributed by atoms with E-state index in [1.54, 1.807) is 47.4 Å². The number of hydrogen-bond acceptors (Lipinski definition) is 5. The van der Waals surface area contributed by atoms with Gasteiger partial charge in [0.1, 0.15) is 23.3 Å². The zero-order chi connectivity index (χ0) is 28.1. The van der Waals surface area contributed by atoms with E-state index in [0.717, 1.165) is 5.56 Å². The number of nitrogens with two attached hydrogens (primary N) is 1. The number of hydrogen-bond donors (Lipinski definition) is 1. The lowest BCUT2D eigenvalue weighted by atomic mass is 10.0. The first-order valence-electron chi connectivity index (χ1n) is 13.4. The van der Waals surface area contributed by atoms with Gasteiger partial charge in [0.05, 0.1) is 19.1 Å². The van der Waals surface area contributed by atoms with Gasteiger partial charge in [-0.2, -0.15) is 0 Å². The SMILES string of the molecule is CCN1C(=O)c2nc(-c3ccc(-c4ccc(N)cc4)c(F)c3)n(Cc3ccc(F)cc3)c2N2C[C@@H](C(C)C)N=C12. The number of halogens is 2. The van der Waals surface area contributed by atoms with Gasteiger partial charge in [0, 0.05) is 23.4 Å². The fraction of sp³-hybridized carbons (Fsp3) is 0.258. The van der Waals surface area contributed by atoms with E-state index < -0.39 is 5.82 Å². The summed E-state index contributed by atoms with van der Waals surface area (Å²) in [5.74, 6) is 0.971. The summed E-state index contributed by atoms with van der Waals surface area (Å²) in [4.78, 5) is 27.1. The minimum Gasteiger partial charge on any atom is -0.399 e. The molecule has 0 saturated heterocycles. The Balaban J connectivity index is 1.51. The van der Waals surface area contributed by atoms with E-state index in [2.05, 4.69) is 13.8 Å². The molecule has 0 spiro atoms. The van der Waals surface area contributed by atoms with Crippen LogP contribution < -0.4 is 10.6 Å². The number of guanidine groups is 1. The van der Waals surface area contributed by atoms with Gasteiger partial charge in [-0.3, -0.25) is 14.6 Å². The molecule has 3 heterocycles. The van der Waals surface area contributed by atoms with E-state index in [9.17, 15) is 9.18 Å². The maximum absolute atomic E-state index is 15.5. The molecule has 2 aliphatic rings. The van der Waals surface area contributed by atoms with Crippen molar-refractivity contribution in [2.75, 3.05) is 23.7 Å². The molecule has 1 aromatic heterocycles. The van der Waals surface area contributed by atoms with Gasteiger partial charge in [-0.15, -0.1) is 0 Å². The van der Waals surface area contributed by atoms with Crippen LogP contribution in [-0.2, 0) is 6.54 Å². The first-order chi connectivity index (χ1) is 19.2. The molecule has 204 valence electrons. The number of rotatable bonds is 6. The lowest BCUT2D eigenvalue weighted by Crippen LogP contribution is -2.50. The number of fused-ring (bicyclic) bond motifs is 3. The molecule has 4 aromatic rings. The molecule has 2 N–H and O–H groups in total. The van der Waals surface area contributed by atoms with Gasteiger partial charge in [-0.1, -0.05) is 50.2 Å². The van der Waals surface area contributed by atoms with E-state index in [-0.39, 0.29) is 23.7 Å². The molecular weight excluding hydrogens is 510 g/mol. The highest BCUT2D eigenvalue weighted by molar-refractivity contribution is 6.18. The Kier molecular flexibility index (Phi) is 6.37. The minimum absolute atomic E-state index is 0.0112. The maximum atomic E-state index is 15.5. The van der Waals surface area contributed by atoms with Gasteiger partial charge in [0.2, 0.25) is 5.96 Å². The number of carbonyl (C=O) groups excluding carboxylic acids is 1. The zero-order valence-electron chi connectivity index (χ0n) is 22.6. The molecule has 0 saturated carbocycles. The topological polar surface area (TPSA) is 79.8 Å². The normalized spacial score (nSPS) is 16.4. The van der Waals surface area contributed by atoms with Crippen LogP contribution in [0.25, 0.3) is 22.5 Å². The molecule has 40 heavy (non-hydrogen) atoms. The third-order valence-electron chi connectivity index (χ3n) is 7.57. The largest absolute Gasteiger partial charge is 0.399 e. The van der Waals surface area contributed by atoms with Crippen LogP contribution in [0.1, 0.15) is 36.8 Å². The number of nitrogens with zero attached hydrogens (tertiary/aromatic N) is 5. The van der Waals surface area contributed by atoms with Gasteiger partial charge < -0.3 is 10.3 Å². The van der Waals surface area contributed by atoms with Crippen LogP contribution in [0.5, 0.6) is 0 Å². The summed E-state index contributed by atoms with van der Waals surface area (Å²) in [5, 5.41) is 0. The number of aromatic nitrogens is 2. The first-order valence-corrected chi connectivity index (χ1v) is 13.4. The van der Waals surface area contributed by atoms with Crippen LogP contribution in [0.15, 0.2) is 71.7 Å². The monoisotopic (exact) mass is 540 g/mol. The van der Waals surface area contributed by atoms with Crippen LogP contribution in [-0.4, -0.2) is 45.4 Å². The van der Waals surface area contributed by atoms with Crippen LogP contribution in [0.4, 0.5) is 20.3 Å². The number of nitrogen functional groups attached to an aromatic ring is 1. The molecule has 3 aromatic carbocycles. The van der Waals surface area contributed by atoms with Crippen molar-refractivity contribution < 1.29 is 13.6 Å². The van der Waals surface area contributed by atoms with Gasteiger partial charge in [-0.25, -0.2) is 18.8 Å². The number of aliphatic imine (C=N–C) groups is 1. The van der Waals surface area contributed by atoms with Crippen molar-refractivity contribution in [1.82, 2.24) is 14.5 Å². The van der Waals surface area contributed by atoms with Gasteiger partial charge in [-0.05, 0) is 54.3 Å². The number of benzene rings is 3. The molecule has 2 aliphatic heterocycles. The number of amides is 1. The van der Waals surface area contributed by atoms with Crippen molar-refractivity contribution in [2.45, 2.75) is 33.4 Å². The van der Waals surface area contributed by atoms with Crippen LogP contribution in [0.2, 0.25) is 0 Å². The molecule has 0 bridgehead atoms. The Hall–Kier alpha value is -4.53. The van der Waals surface area contributed by atoms with Gasteiger partial charge >= 0.3 is 0 Å². The highest BCUT2D eigenvalue weighted by Gasteiger charge is 2.44. The van der Waals surface area contributed by atoms with Crippen molar-refractivity contribution in [1.29, 1.82) is 0 Å². The molecule has 0 fully saturated rings. The average Bonchev–Trinajstić information content (AvgIpc) is 3.54. The summed E-state index contributed by atoms with van der Waals surface area (Å²) >= 11 is 0. The minimum atomic E-state index is -0.415. The summed E-state index contributed by atoms with van der Waals surface area (Å²) in [7, 11) is 0. The second kappa shape index (κ2) is 9.89. The van der Waals surface area contributed by atoms with Crippen molar-refractivity contribution in [2.24, 2.45) is 10.9 Å². The Morgan fingerprint density at radius 2 is 1.70 bits per heavy atom. The van der Waals surface area contributed by atoms with Crippen molar-refractivity contribution in [3.63, 3.8) is 0 Å². The lowest BCUT2D eigenvalue weighted by Gasteiger charge is -2.33. The maximum Gasteiger partial charge on any atom is 0.283 e. The molecule has 0 aliphatic carbocycles. The van der Waals surface area contributed by atoms with Crippen LogP contribution in [0.3, 0.4) is 0 Å². The molecule has 1 amide bonds. The lowest BCUT2D eigenvalue weighted by molar-refractivity contribution is 0.0841. The predicted molar refractivity (Wildman–Crippen MR) is 153 cm³/mol. The molecule has 9 heteroatoms. The van der Waals surface area contributed by atoms with E-state index >= 15 is 4.39 Å². The van der Waals surface area contributed by atoms with Crippen LogP contribution in [0, 0.1) is 17.6 Å². The summed E-state index contributed by atoms with van der Waals surface area (Å²) in [6, 6.07) is 18.2. The quantitative estimate of drug-likeness (QED) is 0.314. The highest BCUT2D eigenvalue weighted by atomic mass is 19.1. The summed E-state index contributed by atoms with van der Waals surface area (Å²) < 4.78 is 31.2. The van der Waals surface area contributed by atoms with E-state index in [1.807, 2.05) is 22.5 Å². The summed E-state index contributed by atoms with van der Waals surface area (Å²) in [6.45, 7) is 7.49. The molecule has 7 nitrogen and oxygen atoms in total. The molecule has 0 unspecified atom stereocenters. The van der Waals surface area contributed by atoms with Crippen molar-refractivity contribution >= 4 is 23.4 Å². The predicted octanol–water partition coefficient (Wildman–Crippen LogP) is 5.80. The Labute approximate surface area is 231 Å². The Bertz CT molecular complexity index is 1630. The fourth-order valence-corrected chi connectivity index (χ4v) is 5.34. The molecule has 1 atom stereocenters. The third kappa shape index (κ3) is 4.31. The van der Waals surface area contributed by atoms with Gasteiger partial charge in [0.25, 0.3) is 5.91 Å². The molecule has 0 radical (unpaired) electrons. The Morgan fingerprint density at radius 1 is 1.00 bits per heavy atom. The van der Waals surface area contributed by atoms with Gasteiger partial charge in [0.15, 0.2) is 5.69 Å². The smallest absolute Gasteiger partial charge is 0.283 e. The van der Waals surface area contributed by atoms with Crippen molar-refractivity contribution in [3.8, 4) is 22.5 Å². The second-order valence-corrected chi connectivity index (χ2v) is 10.5. The molecular formula is C31H30F2N6O. The highest BCUT2D eigenvalue weighted by Crippen LogP contribution is 2.38. The average molecular weight is 541 g/mol. The van der Waals surface area contributed by atoms with E-state index in [0.29, 0.717) is 65.3 Å². The number of imidazole rings is 1. The number of carbonyl (C=O) groups is 1. The fourth-order valence-electron chi connectivity index (χ4n) is 5.34.